The van der Waals surface area contributed by atoms with Crippen molar-refractivity contribution < 1.29 is 37.1 Å². The Bertz CT molecular complexity index is 481. The first kappa shape index (κ1) is 17.3. The molecular formula is C16H16V2-2. The van der Waals surface area contributed by atoms with E-state index in [0.29, 0.717) is 0 Å². The van der Waals surface area contributed by atoms with Crippen LogP contribution in [-0.2, 0) is 37.1 Å². The van der Waals surface area contributed by atoms with Crippen molar-refractivity contribution in [3.63, 3.8) is 0 Å². The molecule has 0 saturated heterocycles. The third kappa shape index (κ3) is 3.67. The molecule has 0 aliphatic heterocycles. The molecule has 0 aromatic heterocycles. The SMILES string of the molecule is [CH2-]c1cc(C)ccc1-c1ccc(C)cc1[CH2-].[V].[V]. The van der Waals surface area contributed by atoms with E-state index < -0.39 is 0 Å². The van der Waals surface area contributed by atoms with Gasteiger partial charge in [0.1, 0.15) is 0 Å². The first-order chi connectivity index (χ1) is 7.58. The Morgan fingerprint density at radius 3 is 1.28 bits per heavy atom. The molecular weight excluding hydrogens is 294 g/mol. The van der Waals surface area contributed by atoms with Gasteiger partial charge in [0.25, 0.3) is 0 Å². The second-order valence-corrected chi connectivity index (χ2v) is 4.32. The summed E-state index contributed by atoms with van der Waals surface area (Å²) in [6.07, 6.45) is 0. The van der Waals surface area contributed by atoms with E-state index in [1.807, 2.05) is 0 Å². The predicted molar refractivity (Wildman–Crippen MR) is 70.3 cm³/mol. The fourth-order valence-electron chi connectivity index (χ4n) is 1.97. The third-order valence-corrected chi connectivity index (χ3v) is 2.81. The first-order valence-electron chi connectivity index (χ1n) is 5.43. The van der Waals surface area contributed by atoms with Crippen LogP contribution in [0.4, 0.5) is 0 Å². The summed E-state index contributed by atoms with van der Waals surface area (Å²) >= 11 is 0. The van der Waals surface area contributed by atoms with Crippen LogP contribution in [0.5, 0.6) is 0 Å². The van der Waals surface area contributed by atoms with Gasteiger partial charge in [0.15, 0.2) is 0 Å². The van der Waals surface area contributed by atoms with E-state index in [1.54, 1.807) is 0 Å². The largest absolute Gasteiger partial charge is 0.199 e. The zero-order valence-corrected chi connectivity index (χ0v) is 13.6. The maximum atomic E-state index is 4.09. The average Bonchev–Trinajstić information content (AvgIpc) is 2.19. The number of benzene rings is 2. The van der Waals surface area contributed by atoms with Gasteiger partial charge in [-0.05, 0) is 0 Å². The average molecular weight is 310 g/mol. The molecule has 0 spiro atoms. The summed E-state index contributed by atoms with van der Waals surface area (Å²) in [5.41, 5.74) is 6.96. The second kappa shape index (κ2) is 7.06. The van der Waals surface area contributed by atoms with E-state index in [-0.39, 0.29) is 37.1 Å². The van der Waals surface area contributed by atoms with Crippen molar-refractivity contribution in [3.8, 4) is 11.1 Å². The molecule has 0 N–H and O–H groups in total. The summed E-state index contributed by atoms with van der Waals surface area (Å²) < 4.78 is 0. The third-order valence-electron chi connectivity index (χ3n) is 2.81. The fraction of sp³-hybridized carbons (Fsp3) is 0.125. The molecule has 2 aromatic carbocycles. The summed E-state index contributed by atoms with van der Waals surface area (Å²) in [7, 11) is 0. The first-order valence-corrected chi connectivity index (χ1v) is 5.43. The maximum Gasteiger partial charge on any atom is 0 e. The predicted octanol–water partition coefficient (Wildman–Crippen LogP) is 4.33. The Morgan fingerprint density at radius 2 is 1.00 bits per heavy atom. The number of hydrogen-bond donors (Lipinski definition) is 0. The van der Waals surface area contributed by atoms with Crippen LogP contribution in [0.2, 0.25) is 0 Å². The Labute approximate surface area is 134 Å². The molecule has 0 fully saturated rings. The summed E-state index contributed by atoms with van der Waals surface area (Å²) in [6, 6.07) is 12.7. The fourth-order valence-corrected chi connectivity index (χ4v) is 1.97. The Balaban J connectivity index is 0.00000144. The Hall–Kier alpha value is -0.651. The summed E-state index contributed by atoms with van der Waals surface area (Å²) in [4.78, 5) is 0. The van der Waals surface area contributed by atoms with Crippen molar-refractivity contribution in [2.75, 3.05) is 0 Å². The molecule has 2 rings (SSSR count). The van der Waals surface area contributed by atoms with Gasteiger partial charge in [-0.25, -0.2) is 0 Å². The van der Waals surface area contributed by atoms with Crippen LogP contribution in [0.1, 0.15) is 22.3 Å². The van der Waals surface area contributed by atoms with Crippen LogP contribution in [0, 0.1) is 27.7 Å². The standard InChI is InChI=1S/C16H16.2V/c1-11-5-7-15(13(3)9-11)16-8-6-12(2)10-14(16)4;;/h5-10H,3-4H2,1-2H3;;/q-2;;. The van der Waals surface area contributed by atoms with Gasteiger partial charge in [0, 0.05) is 37.1 Å². The van der Waals surface area contributed by atoms with Gasteiger partial charge in [-0.15, -0.1) is 23.3 Å². The number of aryl methyl sites for hydroxylation is 2. The van der Waals surface area contributed by atoms with Crippen LogP contribution in [0.15, 0.2) is 36.4 Å². The van der Waals surface area contributed by atoms with Crippen molar-refractivity contribution in [2.24, 2.45) is 0 Å². The van der Waals surface area contributed by atoms with Gasteiger partial charge >= 0.3 is 0 Å². The van der Waals surface area contributed by atoms with Crippen LogP contribution in [0.3, 0.4) is 0 Å². The topological polar surface area (TPSA) is 0 Å². The Morgan fingerprint density at radius 1 is 0.667 bits per heavy atom. The van der Waals surface area contributed by atoms with E-state index in [2.05, 4.69) is 64.1 Å². The molecule has 0 heterocycles. The smallest absolute Gasteiger partial charge is 0 e. The molecule has 18 heavy (non-hydrogen) atoms. The monoisotopic (exact) mass is 310 g/mol. The van der Waals surface area contributed by atoms with Gasteiger partial charge in [0.2, 0.25) is 0 Å². The van der Waals surface area contributed by atoms with E-state index in [4.69, 9.17) is 0 Å². The molecule has 0 bridgehead atoms. The van der Waals surface area contributed by atoms with Gasteiger partial charge < -0.3 is 0 Å². The molecule has 92 valence electrons. The number of hydrogen-bond acceptors (Lipinski definition) is 0. The summed E-state index contributed by atoms with van der Waals surface area (Å²) in [5, 5.41) is 0. The minimum atomic E-state index is 0. The zero-order valence-electron chi connectivity index (χ0n) is 10.8. The molecule has 0 unspecified atom stereocenters. The minimum Gasteiger partial charge on any atom is -0.199 e. The van der Waals surface area contributed by atoms with E-state index >= 15 is 0 Å². The van der Waals surface area contributed by atoms with E-state index in [9.17, 15) is 0 Å². The van der Waals surface area contributed by atoms with E-state index in [1.165, 1.54) is 22.3 Å². The zero-order chi connectivity index (χ0) is 11.7. The van der Waals surface area contributed by atoms with Crippen molar-refractivity contribution >= 4 is 0 Å². The molecule has 0 nitrogen and oxygen atoms in total. The molecule has 2 radical (unpaired) electrons. The van der Waals surface area contributed by atoms with Gasteiger partial charge in [0.05, 0.1) is 0 Å². The summed E-state index contributed by atoms with van der Waals surface area (Å²) in [6.45, 7) is 12.4. The molecule has 0 aliphatic carbocycles. The van der Waals surface area contributed by atoms with Crippen LogP contribution < -0.4 is 0 Å². The molecule has 0 atom stereocenters. The van der Waals surface area contributed by atoms with Gasteiger partial charge in [-0.3, -0.25) is 0 Å². The molecule has 0 aliphatic rings. The molecule has 0 saturated carbocycles. The van der Waals surface area contributed by atoms with Gasteiger partial charge in [-0.1, -0.05) is 26.0 Å². The molecule has 2 heteroatoms. The second-order valence-electron chi connectivity index (χ2n) is 4.32. The number of rotatable bonds is 1. The maximum absolute atomic E-state index is 4.09. The molecule has 2 aromatic rings. The quantitative estimate of drug-likeness (QED) is 0.688. The van der Waals surface area contributed by atoms with Crippen molar-refractivity contribution in [3.05, 3.63) is 72.5 Å². The van der Waals surface area contributed by atoms with E-state index in [0.717, 1.165) is 11.1 Å². The van der Waals surface area contributed by atoms with Crippen LogP contribution >= 0.6 is 0 Å². The Kier molecular flexibility index (Phi) is 6.81. The van der Waals surface area contributed by atoms with Crippen molar-refractivity contribution in [2.45, 2.75) is 13.8 Å². The van der Waals surface area contributed by atoms with Gasteiger partial charge in [-0.2, -0.15) is 48.2 Å². The van der Waals surface area contributed by atoms with Crippen LogP contribution in [0.25, 0.3) is 11.1 Å². The molecule has 0 amide bonds. The van der Waals surface area contributed by atoms with Crippen molar-refractivity contribution in [1.82, 2.24) is 0 Å². The normalized spacial score (nSPS) is 9.22. The minimum absolute atomic E-state index is 0. The van der Waals surface area contributed by atoms with Crippen LogP contribution in [-0.4, -0.2) is 0 Å². The summed E-state index contributed by atoms with van der Waals surface area (Å²) in [5.74, 6) is 0. The van der Waals surface area contributed by atoms with Crippen molar-refractivity contribution in [1.29, 1.82) is 0 Å².